The van der Waals surface area contributed by atoms with Crippen molar-refractivity contribution in [3.8, 4) is 0 Å². The predicted octanol–water partition coefficient (Wildman–Crippen LogP) is 3.76. The number of carbonyl (C=O) groups is 1. The molecule has 0 aliphatic carbocycles. The number of urea groups is 1. The van der Waals surface area contributed by atoms with E-state index in [0.717, 1.165) is 15.0 Å². The maximum atomic E-state index is 12.0. The van der Waals surface area contributed by atoms with Crippen LogP contribution in [-0.2, 0) is 6.54 Å². The van der Waals surface area contributed by atoms with E-state index in [1.165, 1.54) is 0 Å². The summed E-state index contributed by atoms with van der Waals surface area (Å²) in [6.45, 7) is 0.580. The maximum absolute atomic E-state index is 12.0. The molecule has 2 rings (SSSR count). The van der Waals surface area contributed by atoms with Gasteiger partial charge in [-0.2, -0.15) is 0 Å². The van der Waals surface area contributed by atoms with Crippen LogP contribution in [0, 0.1) is 0 Å². The summed E-state index contributed by atoms with van der Waals surface area (Å²) >= 11 is 5.02. The number of amides is 2. The molecule has 0 radical (unpaired) electrons. The summed E-state index contributed by atoms with van der Waals surface area (Å²) < 4.78 is 1.04. The number of nitrogens with one attached hydrogen (secondary N) is 1. The SMILES string of the molecule is CN(Cc1cc(Br)cs1)C(=O)Nc1ccc(N)cc1. The van der Waals surface area contributed by atoms with Crippen LogP contribution in [0.3, 0.4) is 0 Å². The van der Waals surface area contributed by atoms with Crippen LogP contribution in [0.4, 0.5) is 16.2 Å². The highest BCUT2D eigenvalue weighted by atomic mass is 79.9. The fourth-order valence-electron chi connectivity index (χ4n) is 1.53. The molecule has 0 bridgehead atoms. The van der Waals surface area contributed by atoms with E-state index in [1.807, 2.05) is 11.4 Å². The molecule has 0 saturated carbocycles. The number of nitrogens with zero attached hydrogens (tertiary/aromatic N) is 1. The Kier molecular flexibility index (Phi) is 4.44. The molecule has 3 N–H and O–H groups in total. The molecule has 0 unspecified atom stereocenters. The highest BCUT2D eigenvalue weighted by molar-refractivity contribution is 9.10. The molecular weight excluding hydrogens is 326 g/mol. The van der Waals surface area contributed by atoms with Crippen molar-refractivity contribution in [1.29, 1.82) is 0 Å². The minimum atomic E-state index is -0.144. The summed E-state index contributed by atoms with van der Waals surface area (Å²) in [5.74, 6) is 0. The zero-order valence-corrected chi connectivity index (χ0v) is 12.8. The number of carbonyl (C=O) groups excluding carboxylic acids is 1. The molecule has 4 nitrogen and oxygen atoms in total. The molecule has 100 valence electrons. The van der Waals surface area contributed by atoms with Crippen molar-refractivity contribution in [1.82, 2.24) is 4.90 Å². The average molecular weight is 340 g/mol. The second-order valence-corrected chi connectivity index (χ2v) is 6.05. The number of hydrogen-bond acceptors (Lipinski definition) is 3. The molecule has 0 fully saturated rings. The highest BCUT2D eigenvalue weighted by Gasteiger charge is 2.10. The van der Waals surface area contributed by atoms with Crippen LogP contribution in [0.25, 0.3) is 0 Å². The molecule has 1 heterocycles. The third-order valence-corrected chi connectivity index (χ3v) is 4.21. The van der Waals surface area contributed by atoms with Crippen molar-refractivity contribution in [2.24, 2.45) is 0 Å². The van der Waals surface area contributed by atoms with Gasteiger partial charge in [0, 0.05) is 33.2 Å². The van der Waals surface area contributed by atoms with Gasteiger partial charge in [0.25, 0.3) is 0 Å². The number of thiophene rings is 1. The molecule has 0 saturated heterocycles. The Morgan fingerprint density at radius 2 is 2.11 bits per heavy atom. The standard InChI is InChI=1S/C13H14BrN3OS/c1-17(7-12-6-9(14)8-19-12)13(18)16-11-4-2-10(15)3-5-11/h2-6,8H,7,15H2,1H3,(H,16,18). The van der Waals surface area contributed by atoms with Crippen LogP contribution in [0.15, 0.2) is 40.2 Å². The van der Waals surface area contributed by atoms with E-state index in [0.29, 0.717) is 12.2 Å². The number of nitrogens with two attached hydrogens (primary N) is 1. The minimum Gasteiger partial charge on any atom is -0.399 e. The van der Waals surface area contributed by atoms with Crippen LogP contribution < -0.4 is 11.1 Å². The molecule has 19 heavy (non-hydrogen) atoms. The van der Waals surface area contributed by atoms with Crippen LogP contribution >= 0.6 is 27.3 Å². The first-order chi connectivity index (χ1) is 9.04. The lowest BCUT2D eigenvalue weighted by atomic mass is 10.3. The molecular formula is C13H14BrN3OS. The van der Waals surface area contributed by atoms with Crippen molar-refractivity contribution < 1.29 is 4.79 Å². The summed E-state index contributed by atoms with van der Waals surface area (Å²) in [4.78, 5) is 14.7. The Hall–Kier alpha value is -1.53. The van der Waals surface area contributed by atoms with Gasteiger partial charge in [0.15, 0.2) is 0 Å². The summed E-state index contributed by atoms with van der Waals surface area (Å²) in [7, 11) is 1.76. The molecule has 0 aliphatic heterocycles. The Morgan fingerprint density at radius 3 is 2.68 bits per heavy atom. The maximum Gasteiger partial charge on any atom is 0.321 e. The third kappa shape index (κ3) is 3.97. The number of rotatable bonds is 3. The summed E-state index contributed by atoms with van der Waals surface area (Å²) in [6, 6.07) is 8.94. The van der Waals surface area contributed by atoms with Gasteiger partial charge in [0.1, 0.15) is 0 Å². The van der Waals surface area contributed by atoms with Crippen LogP contribution in [0.1, 0.15) is 4.88 Å². The first-order valence-electron chi connectivity index (χ1n) is 5.65. The van der Waals surface area contributed by atoms with E-state index in [-0.39, 0.29) is 6.03 Å². The van der Waals surface area contributed by atoms with Gasteiger partial charge in [0.2, 0.25) is 0 Å². The summed E-state index contributed by atoms with van der Waals surface area (Å²) in [6.07, 6.45) is 0. The van der Waals surface area contributed by atoms with E-state index in [4.69, 9.17) is 5.73 Å². The van der Waals surface area contributed by atoms with Gasteiger partial charge in [-0.05, 0) is 46.3 Å². The summed E-state index contributed by atoms with van der Waals surface area (Å²) in [5.41, 5.74) is 7.01. The van der Waals surface area contributed by atoms with Gasteiger partial charge in [-0.15, -0.1) is 11.3 Å². The molecule has 1 aromatic heterocycles. The van der Waals surface area contributed by atoms with Crippen molar-refractivity contribution in [3.63, 3.8) is 0 Å². The molecule has 2 aromatic rings. The smallest absolute Gasteiger partial charge is 0.321 e. The first-order valence-corrected chi connectivity index (χ1v) is 7.32. The Labute approximate surface area is 124 Å². The van der Waals surface area contributed by atoms with E-state index >= 15 is 0 Å². The average Bonchev–Trinajstić information content (AvgIpc) is 2.77. The molecule has 2 amide bonds. The second-order valence-electron chi connectivity index (χ2n) is 4.14. The quantitative estimate of drug-likeness (QED) is 0.836. The van der Waals surface area contributed by atoms with Crippen molar-refractivity contribution in [2.45, 2.75) is 6.54 Å². The lowest BCUT2D eigenvalue weighted by molar-refractivity contribution is 0.221. The van der Waals surface area contributed by atoms with Gasteiger partial charge in [-0.25, -0.2) is 4.79 Å². The molecule has 6 heteroatoms. The van der Waals surface area contributed by atoms with E-state index < -0.39 is 0 Å². The Bertz CT molecular complexity index is 568. The zero-order valence-electron chi connectivity index (χ0n) is 10.4. The van der Waals surface area contributed by atoms with Crippen LogP contribution in [-0.4, -0.2) is 18.0 Å². The predicted molar refractivity (Wildman–Crippen MR) is 83.4 cm³/mol. The first kappa shape index (κ1) is 13.9. The third-order valence-electron chi connectivity index (χ3n) is 2.52. The fraction of sp³-hybridized carbons (Fsp3) is 0.154. The molecule has 0 atom stereocenters. The van der Waals surface area contributed by atoms with E-state index in [2.05, 4.69) is 21.2 Å². The molecule has 0 aliphatic rings. The Balaban J connectivity index is 1.94. The van der Waals surface area contributed by atoms with Gasteiger partial charge < -0.3 is 16.0 Å². The number of halogens is 1. The van der Waals surface area contributed by atoms with Gasteiger partial charge in [0.05, 0.1) is 6.54 Å². The highest BCUT2D eigenvalue weighted by Crippen LogP contribution is 2.21. The van der Waals surface area contributed by atoms with Crippen LogP contribution in [0.5, 0.6) is 0 Å². The second kappa shape index (κ2) is 6.08. The zero-order chi connectivity index (χ0) is 13.8. The van der Waals surface area contributed by atoms with Crippen molar-refractivity contribution >= 4 is 44.7 Å². The number of benzene rings is 1. The van der Waals surface area contributed by atoms with Crippen LogP contribution in [0.2, 0.25) is 0 Å². The topological polar surface area (TPSA) is 58.4 Å². The van der Waals surface area contributed by atoms with Crippen molar-refractivity contribution in [3.05, 3.63) is 45.1 Å². The van der Waals surface area contributed by atoms with Crippen molar-refractivity contribution in [2.75, 3.05) is 18.1 Å². The molecule has 0 spiro atoms. The van der Waals surface area contributed by atoms with E-state index in [9.17, 15) is 4.79 Å². The molecule has 1 aromatic carbocycles. The normalized spacial score (nSPS) is 10.2. The number of anilines is 2. The van der Waals surface area contributed by atoms with Gasteiger partial charge in [-0.1, -0.05) is 0 Å². The number of nitrogen functional groups attached to an aromatic ring is 1. The summed E-state index contributed by atoms with van der Waals surface area (Å²) in [5, 5.41) is 4.82. The monoisotopic (exact) mass is 339 g/mol. The lowest BCUT2D eigenvalue weighted by Crippen LogP contribution is -2.30. The van der Waals surface area contributed by atoms with E-state index in [1.54, 1.807) is 47.5 Å². The lowest BCUT2D eigenvalue weighted by Gasteiger charge is -2.17. The largest absolute Gasteiger partial charge is 0.399 e. The minimum absolute atomic E-state index is 0.144. The fourth-order valence-corrected chi connectivity index (χ4v) is 3.03. The van der Waals surface area contributed by atoms with Gasteiger partial charge in [-0.3, -0.25) is 0 Å². The number of hydrogen-bond donors (Lipinski definition) is 2. The van der Waals surface area contributed by atoms with Gasteiger partial charge >= 0.3 is 6.03 Å². The Morgan fingerprint density at radius 1 is 1.42 bits per heavy atom.